The van der Waals surface area contributed by atoms with Crippen molar-refractivity contribution in [3.63, 3.8) is 0 Å². The summed E-state index contributed by atoms with van der Waals surface area (Å²) in [6.45, 7) is 7.73. The van der Waals surface area contributed by atoms with Crippen molar-refractivity contribution in [1.29, 1.82) is 0 Å². The van der Waals surface area contributed by atoms with Crippen LogP contribution in [0.4, 0.5) is 4.39 Å². The van der Waals surface area contributed by atoms with Gasteiger partial charge >= 0.3 is 0 Å². The number of aryl methyl sites for hydroxylation is 2. The van der Waals surface area contributed by atoms with Gasteiger partial charge in [-0.15, -0.1) is 0 Å². The summed E-state index contributed by atoms with van der Waals surface area (Å²) in [6, 6.07) is 10.7. The molecule has 2 aromatic carbocycles. The summed E-state index contributed by atoms with van der Waals surface area (Å²) in [7, 11) is 0. The highest BCUT2D eigenvalue weighted by Gasteiger charge is 2.46. The zero-order valence-electron chi connectivity index (χ0n) is 19.0. The van der Waals surface area contributed by atoms with Gasteiger partial charge in [-0.1, -0.05) is 35.9 Å². The quantitative estimate of drug-likeness (QED) is 0.412. The Balaban J connectivity index is 1.72. The summed E-state index contributed by atoms with van der Waals surface area (Å²) < 4.78 is 20.3. The summed E-state index contributed by atoms with van der Waals surface area (Å²) in [6.07, 6.45) is 0.626. The highest BCUT2D eigenvalue weighted by molar-refractivity contribution is 6.46. The molecule has 0 aliphatic carbocycles. The van der Waals surface area contributed by atoms with Crippen molar-refractivity contribution >= 4 is 17.4 Å². The van der Waals surface area contributed by atoms with Gasteiger partial charge in [0.15, 0.2) is 0 Å². The van der Waals surface area contributed by atoms with Gasteiger partial charge in [0.05, 0.1) is 24.8 Å². The predicted octanol–water partition coefficient (Wildman–Crippen LogP) is 3.59. The molecule has 33 heavy (non-hydrogen) atoms. The van der Waals surface area contributed by atoms with Crippen LogP contribution in [0.25, 0.3) is 5.76 Å². The van der Waals surface area contributed by atoms with Crippen molar-refractivity contribution < 1.29 is 23.8 Å². The summed E-state index contributed by atoms with van der Waals surface area (Å²) in [5.41, 5.74) is 2.29. The smallest absolute Gasteiger partial charge is 0.295 e. The highest BCUT2D eigenvalue weighted by Crippen LogP contribution is 2.40. The normalized spacial score (nSPS) is 21.1. The van der Waals surface area contributed by atoms with Gasteiger partial charge in [0.1, 0.15) is 11.6 Å². The van der Waals surface area contributed by atoms with Gasteiger partial charge in [-0.2, -0.15) is 0 Å². The number of likely N-dealkylation sites (tertiary alicyclic amines) is 1. The highest BCUT2D eigenvalue weighted by atomic mass is 19.1. The number of benzene rings is 2. The number of ether oxygens (including phenoxy) is 1. The Bertz CT molecular complexity index is 1090. The molecule has 0 aromatic heterocycles. The van der Waals surface area contributed by atoms with Gasteiger partial charge in [0.2, 0.25) is 0 Å². The summed E-state index contributed by atoms with van der Waals surface area (Å²) in [5, 5.41) is 11.2. The standard InChI is InChI=1S/C26H29FN2O4/c1-17-8-9-18(2)20(16-17)24(30)22-23(19-6-3-4-7-21(19)27)29(26(32)25(22)31)11-5-10-28-12-14-33-15-13-28/h3-4,6-9,16,23,30H,5,10-15H2,1-2H3/t23-/m1/s1. The van der Waals surface area contributed by atoms with Crippen LogP contribution in [0, 0.1) is 19.7 Å². The molecule has 2 aromatic rings. The fourth-order valence-corrected chi connectivity index (χ4v) is 4.56. The van der Waals surface area contributed by atoms with Crippen LogP contribution < -0.4 is 0 Å². The minimum absolute atomic E-state index is 0.0647. The molecule has 1 N–H and O–H groups in total. The lowest BCUT2D eigenvalue weighted by atomic mass is 9.93. The SMILES string of the molecule is Cc1ccc(C)c(C(O)=C2C(=O)C(=O)N(CCCN3CCOCC3)[C@@H]2c2ccccc2F)c1. The van der Waals surface area contributed by atoms with Crippen molar-refractivity contribution in [2.24, 2.45) is 0 Å². The number of carbonyl (C=O) groups is 2. The van der Waals surface area contributed by atoms with Crippen LogP contribution in [0.1, 0.15) is 34.7 Å². The molecule has 0 radical (unpaired) electrons. The van der Waals surface area contributed by atoms with Crippen LogP contribution in [0.3, 0.4) is 0 Å². The average molecular weight is 453 g/mol. The molecule has 0 spiro atoms. The van der Waals surface area contributed by atoms with E-state index in [1.54, 1.807) is 24.3 Å². The molecule has 7 heteroatoms. The first kappa shape index (κ1) is 23.1. The molecule has 2 saturated heterocycles. The minimum Gasteiger partial charge on any atom is -0.507 e. The van der Waals surface area contributed by atoms with E-state index in [1.165, 1.54) is 11.0 Å². The Morgan fingerprint density at radius 2 is 1.82 bits per heavy atom. The maximum absolute atomic E-state index is 14.9. The fourth-order valence-electron chi connectivity index (χ4n) is 4.56. The lowest BCUT2D eigenvalue weighted by molar-refractivity contribution is -0.140. The van der Waals surface area contributed by atoms with E-state index in [4.69, 9.17) is 4.74 Å². The van der Waals surface area contributed by atoms with Crippen LogP contribution >= 0.6 is 0 Å². The largest absolute Gasteiger partial charge is 0.507 e. The molecule has 0 unspecified atom stereocenters. The molecule has 174 valence electrons. The van der Waals surface area contributed by atoms with Crippen LogP contribution in [0.2, 0.25) is 0 Å². The van der Waals surface area contributed by atoms with Crippen molar-refractivity contribution in [2.45, 2.75) is 26.3 Å². The zero-order valence-corrected chi connectivity index (χ0v) is 19.0. The average Bonchev–Trinajstić information content (AvgIpc) is 3.06. The van der Waals surface area contributed by atoms with Crippen LogP contribution in [-0.2, 0) is 14.3 Å². The molecule has 4 rings (SSSR count). The molecule has 2 heterocycles. The Morgan fingerprint density at radius 1 is 1.09 bits per heavy atom. The first-order valence-corrected chi connectivity index (χ1v) is 11.3. The second kappa shape index (κ2) is 9.85. The fraction of sp³-hybridized carbons (Fsp3) is 0.385. The number of aliphatic hydroxyl groups excluding tert-OH is 1. The van der Waals surface area contributed by atoms with Gasteiger partial charge in [-0.25, -0.2) is 4.39 Å². The van der Waals surface area contributed by atoms with Crippen molar-refractivity contribution in [3.05, 3.63) is 76.1 Å². The lowest BCUT2D eigenvalue weighted by Crippen LogP contribution is -2.39. The number of hydrogen-bond acceptors (Lipinski definition) is 5. The van der Waals surface area contributed by atoms with E-state index < -0.39 is 23.5 Å². The molecular weight excluding hydrogens is 423 g/mol. The van der Waals surface area contributed by atoms with Gasteiger partial charge in [0, 0.05) is 37.3 Å². The van der Waals surface area contributed by atoms with Gasteiger partial charge in [-0.3, -0.25) is 14.5 Å². The third kappa shape index (κ3) is 4.70. The van der Waals surface area contributed by atoms with E-state index in [0.717, 1.165) is 30.8 Å². The van der Waals surface area contributed by atoms with E-state index in [2.05, 4.69) is 4.90 Å². The van der Waals surface area contributed by atoms with Crippen molar-refractivity contribution in [2.75, 3.05) is 39.4 Å². The monoisotopic (exact) mass is 452 g/mol. The third-order valence-corrected chi connectivity index (χ3v) is 6.37. The van der Waals surface area contributed by atoms with E-state index in [1.807, 2.05) is 26.0 Å². The first-order chi connectivity index (χ1) is 15.9. The van der Waals surface area contributed by atoms with E-state index in [9.17, 15) is 19.1 Å². The number of carbonyl (C=O) groups excluding carboxylic acids is 2. The molecule has 0 saturated carbocycles. The number of aliphatic hydroxyl groups is 1. The molecule has 1 amide bonds. The van der Waals surface area contributed by atoms with Crippen molar-refractivity contribution in [3.8, 4) is 0 Å². The van der Waals surface area contributed by atoms with Gasteiger partial charge in [0.25, 0.3) is 11.7 Å². The topological polar surface area (TPSA) is 70.1 Å². The Hall–Kier alpha value is -3.03. The Labute approximate surface area is 193 Å². The number of halogens is 1. The number of Topliss-reactive ketones (excluding diaryl/α,β-unsaturated/α-hetero) is 1. The number of nitrogens with zero attached hydrogens (tertiary/aromatic N) is 2. The van der Waals surface area contributed by atoms with E-state index in [-0.39, 0.29) is 23.4 Å². The number of hydrogen-bond donors (Lipinski definition) is 1. The predicted molar refractivity (Wildman–Crippen MR) is 123 cm³/mol. The molecule has 6 nitrogen and oxygen atoms in total. The zero-order chi connectivity index (χ0) is 23.5. The van der Waals surface area contributed by atoms with E-state index >= 15 is 0 Å². The summed E-state index contributed by atoms with van der Waals surface area (Å²) >= 11 is 0. The second-order valence-corrected chi connectivity index (χ2v) is 8.64. The maximum atomic E-state index is 14.9. The molecule has 2 fully saturated rings. The molecular formula is C26H29FN2O4. The lowest BCUT2D eigenvalue weighted by Gasteiger charge is -2.29. The van der Waals surface area contributed by atoms with Crippen LogP contribution in [0.5, 0.6) is 0 Å². The molecule has 0 bridgehead atoms. The van der Waals surface area contributed by atoms with Crippen LogP contribution in [0.15, 0.2) is 48.0 Å². The van der Waals surface area contributed by atoms with E-state index in [0.29, 0.717) is 25.2 Å². The number of amides is 1. The molecule has 1 atom stereocenters. The number of morpholine rings is 1. The summed E-state index contributed by atoms with van der Waals surface area (Å²) in [4.78, 5) is 29.8. The summed E-state index contributed by atoms with van der Waals surface area (Å²) in [5.74, 6) is -2.28. The first-order valence-electron chi connectivity index (χ1n) is 11.3. The number of rotatable bonds is 6. The van der Waals surface area contributed by atoms with Gasteiger partial charge < -0.3 is 14.7 Å². The minimum atomic E-state index is -0.976. The van der Waals surface area contributed by atoms with Crippen molar-refractivity contribution in [1.82, 2.24) is 9.80 Å². The maximum Gasteiger partial charge on any atom is 0.295 e. The number of ketones is 1. The Kier molecular flexibility index (Phi) is 6.91. The Morgan fingerprint density at radius 3 is 2.55 bits per heavy atom. The second-order valence-electron chi connectivity index (χ2n) is 8.64. The third-order valence-electron chi connectivity index (χ3n) is 6.37. The molecule has 2 aliphatic heterocycles. The van der Waals surface area contributed by atoms with Gasteiger partial charge in [-0.05, 0) is 38.0 Å². The molecule has 2 aliphatic rings. The van der Waals surface area contributed by atoms with Crippen LogP contribution in [-0.4, -0.2) is 66.0 Å².